The Kier molecular flexibility index (Phi) is 3.65. The highest BCUT2D eigenvalue weighted by atomic mass is 15.1. The number of fused-ring (bicyclic) bond motifs is 1. The second kappa shape index (κ2) is 5.60. The number of aryl methyl sites for hydroxylation is 1. The summed E-state index contributed by atoms with van der Waals surface area (Å²) in [4.78, 5) is 4.79. The van der Waals surface area contributed by atoms with Gasteiger partial charge in [-0.3, -0.25) is 0 Å². The molecule has 0 radical (unpaired) electrons. The van der Waals surface area contributed by atoms with Crippen LogP contribution in [0.25, 0.3) is 22.0 Å². The molecule has 0 aliphatic carbocycles. The van der Waals surface area contributed by atoms with Crippen molar-refractivity contribution in [3.63, 3.8) is 0 Å². The van der Waals surface area contributed by atoms with Crippen LogP contribution in [0.3, 0.4) is 0 Å². The van der Waals surface area contributed by atoms with Crippen LogP contribution in [0.5, 0.6) is 0 Å². The van der Waals surface area contributed by atoms with Crippen LogP contribution in [-0.4, -0.2) is 9.55 Å². The molecule has 3 aromatic rings. The SMILES string of the molecule is CCCc1nc(-c2ccc3ccccc3c2)c(N)n1CC. The maximum absolute atomic E-state index is 6.32. The van der Waals surface area contributed by atoms with Gasteiger partial charge in [-0.15, -0.1) is 0 Å². The van der Waals surface area contributed by atoms with E-state index in [1.54, 1.807) is 0 Å². The summed E-state index contributed by atoms with van der Waals surface area (Å²) in [7, 11) is 0. The molecule has 0 fully saturated rings. The highest BCUT2D eigenvalue weighted by Gasteiger charge is 2.14. The topological polar surface area (TPSA) is 43.8 Å². The zero-order valence-electron chi connectivity index (χ0n) is 12.6. The quantitative estimate of drug-likeness (QED) is 0.775. The van der Waals surface area contributed by atoms with Gasteiger partial charge in [-0.05, 0) is 30.2 Å². The van der Waals surface area contributed by atoms with E-state index in [0.717, 1.165) is 42.3 Å². The summed E-state index contributed by atoms with van der Waals surface area (Å²) < 4.78 is 2.12. The van der Waals surface area contributed by atoms with Gasteiger partial charge in [0.15, 0.2) is 0 Å². The number of nitrogen functional groups attached to an aromatic ring is 1. The third-order valence-electron chi connectivity index (χ3n) is 3.90. The summed E-state index contributed by atoms with van der Waals surface area (Å²) in [5, 5.41) is 2.46. The van der Waals surface area contributed by atoms with E-state index in [4.69, 9.17) is 10.7 Å². The fourth-order valence-corrected chi connectivity index (χ4v) is 2.83. The number of benzene rings is 2. The molecule has 3 heteroatoms. The number of nitrogens with zero attached hydrogens (tertiary/aromatic N) is 2. The molecule has 0 aliphatic rings. The standard InChI is InChI=1S/C18H21N3/c1-3-7-16-20-17(18(19)21(16)4-2)15-11-10-13-8-5-6-9-14(13)12-15/h5-6,8-12H,3-4,7,19H2,1-2H3. The predicted molar refractivity (Wildman–Crippen MR) is 89.3 cm³/mol. The first-order chi connectivity index (χ1) is 10.2. The van der Waals surface area contributed by atoms with Gasteiger partial charge in [-0.1, -0.05) is 43.3 Å². The first kappa shape index (κ1) is 13.7. The van der Waals surface area contributed by atoms with Crippen LogP contribution in [0.1, 0.15) is 26.1 Å². The van der Waals surface area contributed by atoms with E-state index < -0.39 is 0 Å². The molecule has 108 valence electrons. The summed E-state index contributed by atoms with van der Waals surface area (Å²) in [6.45, 7) is 5.14. The smallest absolute Gasteiger partial charge is 0.131 e. The molecule has 0 saturated carbocycles. The van der Waals surface area contributed by atoms with Crippen molar-refractivity contribution in [2.45, 2.75) is 33.2 Å². The van der Waals surface area contributed by atoms with Gasteiger partial charge in [0.2, 0.25) is 0 Å². The van der Waals surface area contributed by atoms with E-state index in [1.165, 1.54) is 10.8 Å². The molecule has 2 aromatic carbocycles. The third kappa shape index (κ3) is 2.40. The van der Waals surface area contributed by atoms with Crippen LogP contribution < -0.4 is 5.73 Å². The van der Waals surface area contributed by atoms with Crippen molar-refractivity contribution in [3.8, 4) is 11.3 Å². The first-order valence-corrected chi connectivity index (χ1v) is 7.58. The molecule has 0 unspecified atom stereocenters. The van der Waals surface area contributed by atoms with Gasteiger partial charge in [0.25, 0.3) is 0 Å². The van der Waals surface area contributed by atoms with Gasteiger partial charge < -0.3 is 10.3 Å². The molecule has 21 heavy (non-hydrogen) atoms. The van der Waals surface area contributed by atoms with Crippen LogP contribution in [0.2, 0.25) is 0 Å². The maximum atomic E-state index is 6.32. The number of hydrogen-bond acceptors (Lipinski definition) is 2. The lowest BCUT2D eigenvalue weighted by Crippen LogP contribution is -2.05. The van der Waals surface area contributed by atoms with Crippen molar-refractivity contribution in [2.75, 3.05) is 5.73 Å². The number of anilines is 1. The summed E-state index contributed by atoms with van der Waals surface area (Å²) in [5.74, 6) is 1.86. The molecular weight excluding hydrogens is 258 g/mol. The number of hydrogen-bond donors (Lipinski definition) is 1. The number of rotatable bonds is 4. The molecule has 1 aromatic heterocycles. The van der Waals surface area contributed by atoms with E-state index in [1.807, 2.05) is 0 Å². The maximum Gasteiger partial charge on any atom is 0.131 e. The zero-order chi connectivity index (χ0) is 14.8. The van der Waals surface area contributed by atoms with Crippen LogP contribution in [0.15, 0.2) is 42.5 Å². The van der Waals surface area contributed by atoms with Gasteiger partial charge in [-0.25, -0.2) is 4.98 Å². The predicted octanol–water partition coefficient (Wildman–Crippen LogP) is 4.26. The minimum atomic E-state index is 0.774. The minimum Gasteiger partial charge on any atom is -0.383 e. The minimum absolute atomic E-state index is 0.774. The van der Waals surface area contributed by atoms with Crippen LogP contribution in [-0.2, 0) is 13.0 Å². The largest absolute Gasteiger partial charge is 0.383 e. The van der Waals surface area contributed by atoms with Crippen molar-refractivity contribution in [1.29, 1.82) is 0 Å². The zero-order valence-corrected chi connectivity index (χ0v) is 12.6. The van der Waals surface area contributed by atoms with Gasteiger partial charge in [-0.2, -0.15) is 0 Å². The molecule has 1 heterocycles. The van der Waals surface area contributed by atoms with Crippen LogP contribution in [0, 0.1) is 0 Å². The van der Waals surface area contributed by atoms with Gasteiger partial charge in [0, 0.05) is 18.5 Å². The van der Waals surface area contributed by atoms with E-state index in [-0.39, 0.29) is 0 Å². The highest BCUT2D eigenvalue weighted by Crippen LogP contribution is 2.29. The van der Waals surface area contributed by atoms with E-state index in [0.29, 0.717) is 0 Å². The molecule has 3 nitrogen and oxygen atoms in total. The summed E-state index contributed by atoms with van der Waals surface area (Å²) >= 11 is 0. The Bertz CT molecular complexity index is 771. The molecule has 3 rings (SSSR count). The lowest BCUT2D eigenvalue weighted by molar-refractivity contribution is 0.690. The van der Waals surface area contributed by atoms with Crippen LogP contribution >= 0.6 is 0 Å². The van der Waals surface area contributed by atoms with Crippen molar-refractivity contribution < 1.29 is 0 Å². The lowest BCUT2D eigenvalue weighted by Gasteiger charge is -2.05. The Morgan fingerprint density at radius 3 is 2.52 bits per heavy atom. The molecule has 0 spiro atoms. The monoisotopic (exact) mass is 279 g/mol. The van der Waals surface area contributed by atoms with Crippen molar-refractivity contribution >= 4 is 16.6 Å². The van der Waals surface area contributed by atoms with Gasteiger partial charge in [0.05, 0.1) is 0 Å². The van der Waals surface area contributed by atoms with Crippen molar-refractivity contribution in [2.24, 2.45) is 0 Å². The molecule has 0 saturated heterocycles. The summed E-state index contributed by atoms with van der Waals surface area (Å²) in [6.07, 6.45) is 2.04. The molecule has 2 N–H and O–H groups in total. The molecule has 0 bridgehead atoms. The second-order valence-corrected chi connectivity index (χ2v) is 5.32. The lowest BCUT2D eigenvalue weighted by atomic mass is 10.1. The fourth-order valence-electron chi connectivity index (χ4n) is 2.83. The Morgan fingerprint density at radius 1 is 1.05 bits per heavy atom. The van der Waals surface area contributed by atoms with E-state index in [2.05, 4.69) is 60.9 Å². The molecule has 0 atom stereocenters. The van der Waals surface area contributed by atoms with Crippen molar-refractivity contribution in [3.05, 3.63) is 48.3 Å². The normalized spacial score (nSPS) is 11.1. The Hall–Kier alpha value is -2.29. The number of imidazole rings is 1. The van der Waals surface area contributed by atoms with Gasteiger partial charge >= 0.3 is 0 Å². The Labute approximate surface area is 125 Å². The first-order valence-electron chi connectivity index (χ1n) is 7.58. The molecular formula is C18H21N3. The Morgan fingerprint density at radius 2 is 1.81 bits per heavy atom. The van der Waals surface area contributed by atoms with E-state index >= 15 is 0 Å². The molecule has 0 aliphatic heterocycles. The van der Waals surface area contributed by atoms with E-state index in [9.17, 15) is 0 Å². The third-order valence-corrected chi connectivity index (χ3v) is 3.90. The summed E-state index contributed by atoms with van der Waals surface area (Å²) in [6, 6.07) is 14.8. The Balaban J connectivity index is 2.13. The number of aromatic nitrogens is 2. The average Bonchev–Trinajstić information content (AvgIpc) is 2.83. The number of nitrogens with two attached hydrogens (primary N) is 1. The van der Waals surface area contributed by atoms with Crippen LogP contribution in [0.4, 0.5) is 5.82 Å². The second-order valence-electron chi connectivity index (χ2n) is 5.32. The highest BCUT2D eigenvalue weighted by molar-refractivity contribution is 5.88. The average molecular weight is 279 g/mol. The summed E-state index contributed by atoms with van der Waals surface area (Å²) in [5.41, 5.74) is 8.32. The van der Waals surface area contributed by atoms with Gasteiger partial charge in [0.1, 0.15) is 17.3 Å². The fraction of sp³-hybridized carbons (Fsp3) is 0.278. The van der Waals surface area contributed by atoms with Crippen molar-refractivity contribution in [1.82, 2.24) is 9.55 Å². The molecule has 0 amide bonds.